The second-order valence-electron chi connectivity index (χ2n) is 28.2. The van der Waals surface area contributed by atoms with Gasteiger partial charge in [0.1, 0.15) is 30.9 Å². The summed E-state index contributed by atoms with van der Waals surface area (Å²) in [6.45, 7) is 9.05. The molecule has 7 aliphatic rings. The SMILES string of the molecule is Cc1c(-c2ccc(N3CCc4cccc(C(=O)Nc5nc6ccccc6s5)c4C3)nc2C(=O)O)cnn1CC12CC3(C)CC(C)(C1)CC(OCCN(C)C(=O)OCc1ccc(NC(=O)O[C@@H]4O[C@H](C(=O)O)C[C@H](O)[C@H]4O)c(OCCOCCNC(=O)CCCCCN4C(=O)C=CC4=O)c1)(C3)C2. The maximum Gasteiger partial charge on any atom is 0.414 e. The van der Waals surface area contributed by atoms with E-state index < -0.39 is 60.7 Å². The van der Waals surface area contributed by atoms with Gasteiger partial charge in [0.05, 0.1) is 53.6 Å². The molecule has 6 heterocycles. The largest absolute Gasteiger partial charge is 0.489 e. The van der Waals surface area contributed by atoms with Crippen molar-refractivity contribution in [2.75, 3.05) is 75.2 Å². The highest BCUT2D eigenvalue weighted by Gasteiger charge is 2.66. The van der Waals surface area contributed by atoms with Crippen molar-refractivity contribution in [3.63, 3.8) is 0 Å². The Hall–Kier alpha value is -9.39. The van der Waals surface area contributed by atoms with E-state index in [4.69, 9.17) is 38.5 Å². The van der Waals surface area contributed by atoms with Crippen LogP contribution in [-0.2, 0) is 69.0 Å². The molecule has 28 nitrogen and oxygen atoms in total. The number of nitrogens with zero attached hydrogens (tertiary/aromatic N) is 7. The lowest BCUT2D eigenvalue weighted by atomic mass is 9.39. The lowest BCUT2D eigenvalue weighted by Crippen LogP contribution is -2.64. The zero-order valence-electron chi connectivity index (χ0n) is 56.8. The van der Waals surface area contributed by atoms with E-state index >= 15 is 0 Å². The molecule has 3 aliphatic heterocycles. The number of hydrogen-bond donors (Lipinski definition) is 7. The Morgan fingerprint density at radius 3 is 2.38 bits per heavy atom. The van der Waals surface area contributed by atoms with Crippen LogP contribution in [0.3, 0.4) is 0 Å². The van der Waals surface area contributed by atoms with E-state index in [0.29, 0.717) is 85.1 Å². The number of aliphatic carboxylic acids is 1. The number of pyridine rings is 1. The fraction of sp³-hybridized carbons (Fsp3) is 0.486. The number of carbonyl (C=O) groups excluding carboxylic acids is 6. The summed E-state index contributed by atoms with van der Waals surface area (Å²) in [6, 6.07) is 21.6. The first-order valence-electron chi connectivity index (χ1n) is 34.0. The third-order valence-electron chi connectivity index (χ3n) is 19.9. The third kappa shape index (κ3) is 16.5. The summed E-state index contributed by atoms with van der Waals surface area (Å²) in [5.74, 6) is -3.15. The summed E-state index contributed by atoms with van der Waals surface area (Å²) in [5, 5.41) is 54.7. The molecule has 3 aromatic carbocycles. The number of aromatic carboxylic acids is 1. The lowest BCUT2D eigenvalue weighted by Gasteiger charge is -2.69. The number of aliphatic hydroxyl groups excluding tert-OH is 2. The van der Waals surface area contributed by atoms with Gasteiger partial charge in [-0.05, 0) is 140 Å². The predicted molar refractivity (Wildman–Crippen MR) is 367 cm³/mol. The highest BCUT2D eigenvalue weighted by Crippen LogP contribution is 2.72. The average molecular weight is 1410 g/mol. The topological polar surface area (TPSA) is 362 Å². The molecule has 2 unspecified atom stereocenters. The van der Waals surface area contributed by atoms with Crippen LogP contribution in [0.4, 0.5) is 26.2 Å². The van der Waals surface area contributed by atoms with Crippen LogP contribution in [-0.4, -0.2) is 188 Å². The van der Waals surface area contributed by atoms with E-state index in [2.05, 4.69) is 34.8 Å². The number of unbranched alkanes of at least 4 members (excludes halogenated alkanes) is 2. The highest BCUT2D eigenvalue weighted by molar-refractivity contribution is 7.22. The fourth-order valence-corrected chi connectivity index (χ4v) is 17.3. The number of carbonyl (C=O) groups is 8. The molecule has 29 heteroatoms. The first-order chi connectivity index (χ1) is 48.3. The van der Waals surface area contributed by atoms with E-state index in [9.17, 15) is 58.8 Å². The molecule has 4 saturated carbocycles. The number of carboxylic acid groups (broad SMARTS) is 2. The molecule has 536 valence electrons. The molecule has 4 bridgehead atoms. The first-order valence-corrected chi connectivity index (χ1v) is 34.8. The predicted octanol–water partition coefficient (Wildman–Crippen LogP) is 8.25. The number of nitrogens with one attached hydrogen (secondary N) is 3. The van der Waals surface area contributed by atoms with Gasteiger partial charge >= 0.3 is 24.1 Å². The smallest absolute Gasteiger partial charge is 0.414 e. The number of benzene rings is 3. The van der Waals surface area contributed by atoms with Crippen molar-refractivity contribution in [3.05, 3.63) is 125 Å². The normalized spacial score (nSPS) is 24.1. The molecule has 101 heavy (non-hydrogen) atoms. The van der Waals surface area contributed by atoms with Gasteiger partial charge in [-0.25, -0.2) is 29.1 Å². The Labute approximate surface area is 586 Å². The number of para-hydroxylation sites is 1. The molecule has 6 atom stereocenters. The van der Waals surface area contributed by atoms with Crippen molar-refractivity contribution in [1.82, 2.24) is 34.9 Å². The minimum absolute atomic E-state index is 0.0315. The fourth-order valence-electron chi connectivity index (χ4n) is 16.4. The van der Waals surface area contributed by atoms with Crippen molar-refractivity contribution in [3.8, 4) is 16.9 Å². The van der Waals surface area contributed by atoms with Crippen molar-refractivity contribution in [2.24, 2.45) is 16.2 Å². The zero-order valence-corrected chi connectivity index (χ0v) is 57.6. The van der Waals surface area contributed by atoms with Gasteiger partial charge in [0.15, 0.2) is 16.9 Å². The van der Waals surface area contributed by atoms with Gasteiger partial charge in [-0.1, -0.05) is 61.9 Å². The van der Waals surface area contributed by atoms with Crippen molar-refractivity contribution in [1.29, 1.82) is 0 Å². The van der Waals surface area contributed by atoms with Crippen LogP contribution in [0.2, 0.25) is 0 Å². The van der Waals surface area contributed by atoms with E-state index in [1.807, 2.05) is 65.0 Å². The molecule has 1 saturated heterocycles. The number of amides is 6. The van der Waals surface area contributed by atoms with Crippen LogP contribution in [0.25, 0.3) is 21.3 Å². The van der Waals surface area contributed by atoms with Crippen molar-refractivity contribution >= 4 is 85.9 Å². The lowest BCUT2D eigenvalue weighted by molar-refractivity contribution is -0.248. The Morgan fingerprint density at radius 2 is 1.61 bits per heavy atom. The van der Waals surface area contributed by atoms with Crippen LogP contribution in [0.1, 0.15) is 128 Å². The maximum absolute atomic E-state index is 13.8. The number of aromatic nitrogens is 4. The summed E-state index contributed by atoms with van der Waals surface area (Å²) < 4.78 is 37.9. The van der Waals surface area contributed by atoms with Gasteiger partial charge < -0.3 is 64.0 Å². The minimum atomic E-state index is -1.82. The van der Waals surface area contributed by atoms with E-state index in [1.54, 1.807) is 25.4 Å². The van der Waals surface area contributed by atoms with Crippen LogP contribution in [0, 0.1) is 23.2 Å². The van der Waals surface area contributed by atoms with E-state index in [1.165, 1.54) is 40.5 Å². The van der Waals surface area contributed by atoms with Crippen LogP contribution in [0.5, 0.6) is 5.75 Å². The number of likely N-dealkylation sites (N-methyl/N-ethyl adjacent to an activating group) is 1. The summed E-state index contributed by atoms with van der Waals surface area (Å²) in [5.41, 5.74) is 4.86. The Kier molecular flexibility index (Phi) is 21.3. The number of anilines is 3. The summed E-state index contributed by atoms with van der Waals surface area (Å²) >= 11 is 1.41. The van der Waals surface area contributed by atoms with Crippen molar-refractivity contribution < 1.29 is 87.2 Å². The molecule has 3 aromatic heterocycles. The first kappa shape index (κ1) is 71.4. The highest BCUT2D eigenvalue weighted by atomic mass is 32.1. The Morgan fingerprint density at radius 1 is 0.832 bits per heavy atom. The number of hydrogen-bond acceptors (Lipinski definition) is 21. The molecule has 7 N–H and O–H groups in total. The molecule has 4 aliphatic carbocycles. The maximum atomic E-state index is 13.8. The quantitative estimate of drug-likeness (QED) is 0.0172. The van der Waals surface area contributed by atoms with E-state index in [0.717, 1.165) is 70.5 Å². The number of carboxylic acids is 2. The zero-order chi connectivity index (χ0) is 71.4. The molecular formula is C72H84N10O18S. The molecule has 0 radical (unpaired) electrons. The minimum Gasteiger partial charge on any atom is -0.489 e. The second-order valence-corrected chi connectivity index (χ2v) is 29.2. The summed E-state index contributed by atoms with van der Waals surface area (Å²) in [7, 11) is 1.62. The molecule has 5 fully saturated rings. The van der Waals surface area contributed by atoms with Gasteiger partial charge in [-0.3, -0.25) is 39.4 Å². The van der Waals surface area contributed by atoms with Crippen molar-refractivity contribution in [2.45, 2.75) is 148 Å². The van der Waals surface area contributed by atoms with Gasteiger partial charge in [-0.2, -0.15) is 5.10 Å². The summed E-state index contributed by atoms with van der Waals surface area (Å²) in [6.07, 6.45) is 3.44. The molecule has 0 spiro atoms. The molecular weight excluding hydrogens is 1320 g/mol. The van der Waals surface area contributed by atoms with E-state index in [-0.39, 0.29) is 110 Å². The van der Waals surface area contributed by atoms with Gasteiger partial charge in [0.2, 0.25) is 12.2 Å². The van der Waals surface area contributed by atoms with Crippen LogP contribution >= 0.6 is 11.3 Å². The van der Waals surface area contributed by atoms with Gasteiger partial charge in [-0.15, -0.1) is 0 Å². The molecule has 6 aromatic rings. The van der Waals surface area contributed by atoms with Gasteiger partial charge in [0.25, 0.3) is 17.7 Å². The average Bonchev–Trinajstić information content (AvgIpc) is 0.935. The number of imide groups is 1. The van der Waals surface area contributed by atoms with Crippen LogP contribution in [0.15, 0.2) is 91.1 Å². The number of rotatable bonds is 29. The number of aliphatic hydroxyl groups is 2. The van der Waals surface area contributed by atoms with Crippen LogP contribution < -0.4 is 25.6 Å². The standard InChI is InChI=1S/C72H84N10O18S/c1-43-48(46-17-19-56(77-60(46)64(91)92)80-25-22-45-11-10-12-47(49(45)34-80)62(88)78-66-75-51-13-7-8-14-55(51)101-66)33-74-82(43)42-71-37-69(2)36-70(3,38-71)40-72(39-69,41-71)98-28-26-79(4)68(94)97-35-44-16-18-50(76-67(93)100-65-61(87)52(83)32-54(99-65)63(89)90)53(31-44)96-30-29-95-27-23-73-57(84)15-6-5-9-24-81-58(85)20-21-59(81)86/h7-8,10-14,16-21,31,33,52,54,61,65,83,87H,5-6,9,15,22-30,32,34-42H2,1-4H3,(H,73,84)(H,76,93)(H,89,90)(H,91,92)(H,75,78,88)/t52-,54-,61+,65-,69?,70?,71?,72?/m0/s1. The third-order valence-corrected chi connectivity index (χ3v) is 20.9. The number of ether oxygens (including phenoxy) is 6. The Balaban J connectivity index is 0.642. The monoisotopic (exact) mass is 1410 g/mol. The summed E-state index contributed by atoms with van der Waals surface area (Å²) in [4.78, 5) is 115. The molecule has 13 rings (SSSR count). The number of thiazole rings is 1. The molecule has 6 amide bonds. The second kappa shape index (κ2) is 30.0. The van der Waals surface area contributed by atoms with Gasteiger partial charge in [0, 0.05) is 93.7 Å². The number of fused-ring (bicyclic) bond motifs is 2. The Bertz CT molecular complexity index is 4130.